The van der Waals surface area contributed by atoms with Gasteiger partial charge in [0.05, 0.1) is 11.3 Å². The first kappa shape index (κ1) is 18.3. The minimum absolute atomic E-state index is 0.0129. The number of hydrogen-bond acceptors (Lipinski definition) is 4. The number of aromatic nitrogens is 2. The monoisotopic (exact) mass is 397 g/mol. The Hall–Kier alpha value is -2.45. The summed E-state index contributed by atoms with van der Waals surface area (Å²) in [5, 5.41) is 3.53. The molecule has 3 aromatic rings. The van der Waals surface area contributed by atoms with Gasteiger partial charge < -0.3 is 0 Å². The van der Waals surface area contributed by atoms with E-state index in [-0.39, 0.29) is 5.56 Å². The number of carbonyl (C=O) groups is 1. The molecule has 4 nitrogen and oxygen atoms in total. The lowest BCUT2D eigenvalue weighted by Crippen LogP contribution is -2.14. The molecule has 0 saturated carbocycles. The molecular formula is C17H11ClF3N3OS. The highest BCUT2D eigenvalue weighted by molar-refractivity contribution is 7.16. The van der Waals surface area contributed by atoms with Gasteiger partial charge in [-0.15, -0.1) is 11.3 Å². The maximum absolute atomic E-state index is 12.5. The van der Waals surface area contributed by atoms with Gasteiger partial charge in [-0.3, -0.25) is 15.1 Å². The summed E-state index contributed by atoms with van der Waals surface area (Å²) in [6.45, 7) is 1.86. The van der Waals surface area contributed by atoms with E-state index in [0.29, 0.717) is 15.8 Å². The number of nitrogens with zero attached hydrogens (tertiary/aromatic N) is 2. The molecule has 0 radical (unpaired) electrons. The second-order valence-electron chi connectivity index (χ2n) is 5.31. The van der Waals surface area contributed by atoms with Crippen molar-refractivity contribution in [2.45, 2.75) is 13.1 Å². The van der Waals surface area contributed by atoms with Crippen molar-refractivity contribution in [1.82, 2.24) is 9.97 Å². The van der Waals surface area contributed by atoms with Gasteiger partial charge in [-0.05, 0) is 31.2 Å². The third-order valence-corrected chi connectivity index (χ3v) is 4.59. The molecule has 9 heteroatoms. The molecule has 0 spiro atoms. The Kier molecular flexibility index (Phi) is 4.97. The van der Waals surface area contributed by atoms with Crippen LogP contribution in [0, 0.1) is 6.92 Å². The van der Waals surface area contributed by atoms with Crippen molar-refractivity contribution in [3.8, 4) is 11.3 Å². The smallest absolute Gasteiger partial charge is 0.298 e. The average Bonchev–Trinajstić information content (AvgIpc) is 2.95. The van der Waals surface area contributed by atoms with Gasteiger partial charge in [-0.2, -0.15) is 13.2 Å². The van der Waals surface area contributed by atoms with Crippen LogP contribution in [-0.4, -0.2) is 15.9 Å². The molecule has 0 bridgehead atoms. The summed E-state index contributed by atoms with van der Waals surface area (Å²) in [5.41, 5.74) is 0.510. The van der Waals surface area contributed by atoms with Crippen molar-refractivity contribution >= 4 is 34.0 Å². The Bertz CT molecular complexity index is 937. The van der Waals surface area contributed by atoms with Crippen LogP contribution in [-0.2, 0) is 6.18 Å². The van der Waals surface area contributed by atoms with E-state index in [9.17, 15) is 18.0 Å². The summed E-state index contributed by atoms with van der Waals surface area (Å²) in [4.78, 5) is 20.7. The third kappa shape index (κ3) is 4.03. The third-order valence-electron chi connectivity index (χ3n) is 3.45. The molecule has 0 fully saturated rings. The van der Waals surface area contributed by atoms with Gasteiger partial charge in [0.15, 0.2) is 5.13 Å². The molecule has 1 N–H and O–H groups in total. The fourth-order valence-corrected chi connectivity index (χ4v) is 3.15. The number of halogens is 4. The van der Waals surface area contributed by atoms with Crippen molar-refractivity contribution < 1.29 is 18.0 Å². The van der Waals surface area contributed by atoms with Crippen LogP contribution in [0.1, 0.15) is 20.9 Å². The van der Waals surface area contributed by atoms with Crippen LogP contribution in [0.4, 0.5) is 18.3 Å². The van der Waals surface area contributed by atoms with Crippen LogP contribution in [0.5, 0.6) is 0 Å². The molecule has 1 aromatic carbocycles. The predicted molar refractivity (Wildman–Crippen MR) is 94.5 cm³/mol. The zero-order valence-corrected chi connectivity index (χ0v) is 14.8. The highest BCUT2D eigenvalue weighted by Gasteiger charge is 2.32. The minimum Gasteiger partial charge on any atom is -0.298 e. The number of nitrogens with one attached hydrogen (secondary N) is 1. The van der Waals surface area contributed by atoms with Gasteiger partial charge in [-0.25, -0.2) is 4.98 Å². The number of rotatable bonds is 3. The summed E-state index contributed by atoms with van der Waals surface area (Å²) in [6.07, 6.45) is -3.66. The Labute approximate surface area is 155 Å². The lowest BCUT2D eigenvalue weighted by Gasteiger charge is -2.06. The molecule has 134 valence electrons. The zero-order chi connectivity index (χ0) is 18.9. The summed E-state index contributed by atoms with van der Waals surface area (Å²) in [7, 11) is 0. The van der Waals surface area contributed by atoms with Crippen molar-refractivity contribution in [2.75, 3.05) is 5.32 Å². The lowest BCUT2D eigenvalue weighted by atomic mass is 10.1. The SMILES string of the molecule is Cc1sc(NC(=O)c2ccc(C(F)(F)F)nc2)nc1-c1ccc(Cl)cc1. The molecule has 0 unspecified atom stereocenters. The van der Waals surface area contributed by atoms with E-state index in [2.05, 4.69) is 15.3 Å². The van der Waals surface area contributed by atoms with Gasteiger partial charge in [0.1, 0.15) is 5.69 Å². The number of aryl methyl sites for hydroxylation is 1. The first-order valence-electron chi connectivity index (χ1n) is 7.32. The van der Waals surface area contributed by atoms with E-state index >= 15 is 0 Å². The maximum atomic E-state index is 12.5. The molecule has 2 aromatic heterocycles. The number of hydrogen-bond donors (Lipinski definition) is 1. The quantitative estimate of drug-likeness (QED) is 0.640. The van der Waals surface area contributed by atoms with Crippen LogP contribution in [0.2, 0.25) is 5.02 Å². The molecule has 0 aliphatic rings. The topological polar surface area (TPSA) is 54.9 Å². The molecule has 0 saturated heterocycles. The first-order chi connectivity index (χ1) is 12.2. The van der Waals surface area contributed by atoms with Crippen LogP contribution in [0.3, 0.4) is 0 Å². The molecule has 0 aliphatic heterocycles. The van der Waals surface area contributed by atoms with Crippen molar-refractivity contribution in [3.63, 3.8) is 0 Å². The number of thiazole rings is 1. The largest absolute Gasteiger partial charge is 0.433 e. The molecular weight excluding hydrogens is 387 g/mol. The summed E-state index contributed by atoms with van der Waals surface area (Å²) in [6, 6.07) is 8.95. The van der Waals surface area contributed by atoms with Gasteiger partial charge in [0, 0.05) is 21.7 Å². The van der Waals surface area contributed by atoms with Gasteiger partial charge in [0.25, 0.3) is 5.91 Å². The van der Waals surface area contributed by atoms with Gasteiger partial charge in [-0.1, -0.05) is 23.7 Å². The van der Waals surface area contributed by atoms with Crippen LogP contribution in [0.15, 0.2) is 42.6 Å². The van der Waals surface area contributed by atoms with Crippen LogP contribution in [0.25, 0.3) is 11.3 Å². The van der Waals surface area contributed by atoms with Crippen molar-refractivity contribution in [2.24, 2.45) is 0 Å². The van der Waals surface area contributed by atoms with Gasteiger partial charge in [0.2, 0.25) is 0 Å². The Morgan fingerprint density at radius 3 is 2.42 bits per heavy atom. The molecule has 1 amide bonds. The average molecular weight is 398 g/mol. The van der Waals surface area contributed by atoms with E-state index in [1.807, 2.05) is 19.1 Å². The van der Waals surface area contributed by atoms with Crippen LogP contribution >= 0.6 is 22.9 Å². The minimum atomic E-state index is -4.55. The summed E-state index contributed by atoms with van der Waals surface area (Å²) < 4.78 is 37.6. The van der Waals surface area contributed by atoms with E-state index in [1.165, 1.54) is 11.3 Å². The van der Waals surface area contributed by atoms with E-state index in [0.717, 1.165) is 28.8 Å². The number of anilines is 1. The van der Waals surface area contributed by atoms with Crippen LogP contribution < -0.4 is 5.32 Å². The first-order valence-corrected chi connectivity index (χ1v) is 8.51. The van der Waals surface area contributed by atoms with E-state index in [1.54, 1.807) is 12.1 Å². The highest BCUT2D eigenvalue weighted by Crippen LogP contribution is 2.31. The number of pyridine rings is 1. The van der Waals surface area contributed by atoms with E-state index in [4.69, 9.17) is 11.6 Å². The Balaban J connectivity index is 1.78. The molecule has 0 atom stereocenters. The number of benzene rings is 1. The standard InChI is InChI=1S/C17H11ClF3N3OS/c1-9-14(10-2-5-12(18)6-3-10)23-16(26-9)24-15(25)11-4-7-13(22-8-11)17(19,20)21/h2-8H,1H3,(H,23,24,25). The normalized spacial score (nSPS) is 11.4. The molecule has 26 heavy (non-hydrogen) atoms. The molecule has 2 heterocycles. The predicted octanol–water partition coefficient (Wildman–Crippen LogP) is 5.44. The van der Waals surface area contributed by atoms with Crippen molar-refractivity contribution in [1.29, 1.82) is 0 Å². The fraction of sp³-hybridized carbons (Fsp3) is 0.118. The number of carbonyl (C=O) groups excluding carboxylic acids is 1. The van der Waals surface area contributed by atoms with Gasteiger partial charge >= 0.3 is 6.18 Å². The number of amides is 1. The fourth-order valence-electron chi connectivity index (χ4n) is 2.19. The molecule has 0 aliphatic carbocycles. The Morgan fingerprint density at radius 1 is 1.15 bits per heavy atom. The zero-order valence-electron chi connectivity index (χ0n) is 13.3. The van der Waals surface area contributed by atoms with Crippen molar-refractivity contribution in [3.05, 3.63) is 63.8 Å². The maximum Gasteiger partial charge on any atom is 0.433 e. The summed E-state index contributed by atoms with van der Waals surface area (Å²) in [5.74, 6) is -0.581. The second-order valence-corrected chi connectivity index (χ2v) is 6.95. The Morgan fingerprint density at radius 2 is 1.85 bits per heavy atom. The molecule has 3 rings (SSSR count). The lowest BCUT2D eigenvalue weighted by molar-refractivity contribution is -0.141. The van der Waals surface area contributed by atoms with E-state index < -0.39 is 17.8 Å². The highest BCUT2D eigenvalue weighted by atomic mass is 35.5. The number of alkyl halides is 3. The summed E-state index contributed by atoms with van der Waals surface area (Å²) >= 11 is 7.14. The second kappa shape index (κ2) is 7.05.